The Hall–Kier alpha value is -3.45. The van der Waals surface area contributed by atoms with Crippen LogP contribution in [0.15, 0.2) is 61.3 Å². The van der Waals surface area contributed by atoms with Crippen LogP contribution in [-0.4, -0.2) is 31.5 Å². The Bertz CT molecular complexity index is 1090. The summed E-state index contributed by atoms with van der Waals surface area (Å²) in [7, 11) is 0. The van der Waals surface area contributed by atoms with Gasteiger partial charge in [-0.05, 0) is 35.4 Å². The zero-order valence-corrected chi connectivity index (χ0v) is 16.4. The second-order valence-corrected chi connectivity index (χ2v) is 7.08. The van der Waals surface area contributed by atoms with E-state index in [9.17, 15) is 9.59 Å². The van der Waals surface area contributed by atoms with Crippen molar-refractivity contribution in [2.75, 3.05) is 5.32 Å². The molecule has 0 saturated heterocycles. The third-order valence-electron chi connectivity index (χ3n) is 4.75. The van der Waals surface area contributed by atoms with Crippen molar-refractivity contribution in [3.63, 3.8) is 0 Å². The van der Waals surface area contributed by atoms with Gasteiger partial charge < -0.3 is 10.2 Å². The molecule has 1 aliphatic heterocycles. The van der Waals surface area contributed by atoms with Crippen molar-refractivity contribution in [3.05, 3.63) is 77.5 Å². The number of anilines is 1. The number of fused-ring (bicyclic) bond motifs is 1. The molecule has 0 bridgehead atoms. The summed E-state index contributed by atoms with van der Waals surface area (Å²) in [6, 6.07) is 12.5. The smallest absolute Gasteiger partial charge is 0.226 e. The monoisotopic (exact) mass is 407 g/mol. The number of hydrogen-bond acceptors (Lipinski definition) is 4. The highest BCUT2D eigenvalue weighted by Gasteiger charge is 2.28. The first-order chi connectivity index (χ1) is 14.0. The van der Waals surface area contributed by atoms with Crippen molar-refractivity contribution < 1.29 is 9.59 Å². The maximum Gasteiger partial charge on any atom is 0.226 e. The van der Waals surface area contributed by atoms with Gasteiger partial charge >= 0.3 is 0 Å². The molecule has 0 aliphatic carbocycles. The molecule has 7 nitrogen and oxygen atoms in total. The average Bonchev–Trinajstić information content (AvgIpc) is 3.22. The average molecular weight is 408 g/mol. The summed E-state index contributed by atoms with van der Waals surface area (Å²) in [6.45, 7) is 1.49. The number of halogens is 1. The summed E-state index contributed by atoms with van der Waals surface area (Å²) in [4.78, 5) is 30.6. The van der Waals surface area contributed by atoms with E-state index >= 15 is 0 Å². The highest BCUT2D eigenvalue weighted by molar-refractivity contribution is 6.31. The maximum absolute atomic E-state index is 12.9. The highest BCUT2D eigenvalue weighted by atomic mass is 35.5. The van der Waals surface area contributed by atoms with E-state index in [1.54, 1.807) is 40.3 Å². The summed E-state index contributed by atoms with van der Waals surface area (Å²) in [6.07, 6.45) is 6.66. The molecule has 2 heterocycles. The Balaban J connectivity index is 1.61. The number of nitrogens with zero attached hydrogens (tertiary/aromatic N) is 4. The molecule has 0 saturated carbocycles. The lowest BCUT2D eigenvalue weighted by molar-refractivity contribution is -0.129. The van der Waals surface area contributed by atoms with E-state index in [2.05, 4.69) is 15.4 Å². The van der Waals surface area contributed by atoms with E-state index in [0.29, 0.717) is 16.4 Å². The number of benzene rings is 2. The molecule has 0 radical (unpaired) electrons. The molecule has 4 rings (SSSR count). The lowest BCUT2D eigenvalue weighted by Crippen LogP contribution is -2.33. The van der Waals surface area contributed by atoms with Crippen LogP contribution in [0.4, 0.5) is 5.69 Å². The van der Waals surface area contributed by atoms with Gasteiger partial charge in [0.1, 0.15) is 12.7 Å². The second-order valence-electron chi connectivity index (χ2n) is 6.64. The normalized spacial score (nSPS) is 15.1. The number of hydrogen-bond donors (Lipinski definition) is 1. The summed E-state index contributed by atoms with van der Waals surface area (Å²) in [5.74, 6) is -0.366. The number of aromatic nitrogens is 3. The lowest BCUT2D eigenvalue weighted by atomic mass is 9.93. The third kappa shape index (κ3) is 3.90. The van der Waals surface area contributed by atoms with Gasteiger partial charge in [0.2, 0.25) is 11.8 Å². The van der Waals surface area contributed by atoms with Gasteiger partial charge in [0.25, 0.3) is 0 Å². The summed E-state index contributed by atoms with van der Waals surface area (Å²) in [5, 5.41) is 7.50. The molecule has 1 aromatic heterocycles. The zero-order valence-electron chi connectivity index (χ0n) is 15.6. The first-order valence-electron chi connectivity index (χ1n) is 9.03. The Morgan fingerprint density at radius 2 is 2.03 bits per heavy atom. The Kier molecular flexibility index (Phi) is 5.14. The van der Waals surface area contributed by atoms with E-state index in [-0.39, 0.29) is 24.3 Å². The van der Waals surface area contributed by atoms with E-state index in [0.717, 1.165) is 11.1 Å². The molecule has 1 unspecified atom stereocenters. The van der Waals surface area contributed by atoms with Crippen LogP contribution in [0.2, 0.25) is 5.02 Å². The Labute approximate surface area is 172 Å². The Morgan fingerprint density at radius 1 is 1.21 bits per heavy atom. The topological polar surface area (TPSA) is 80.1 Å². The first kappa shape index (κ1) is 18.9. The number of nitrogens with one attached hydrogen (secondary N) is 1. The fourth-order valence-electron chi connectivity index (χ4n) is 3.43. The minimum atomic E-state index is -0.386. The summed E-state index contributed by atoms with van der Waals surface area (Å²) in [5.41, 5.74) is 3.09. The molecular weight excluding hydrogens is 390 g/mol. The van der Waals surface area contributed by atoms with Crippen LogP contribution < -0.4 is 5.32 Å². The molecule has 1 N–H and O–H groups in total. The van der Waals surface area contributed by atoms with Crippen LogP contribution in [0.3, 0.4) is 0 Å². The lowest BCUT2D eigenvalue weighted by Gasteiger charge is -2.32. The number of carbonyl (C=O) groups is 2. The minimum Gasteiger partial charge on any atom is -0.324 e. The predicted molar refractivity (Wildman–Crippen MR) is 110 cm³/mol. The van der Waals surface area contributed by atoms with E-state index in [1.807, 2.05) is 30.3 Å². The van der Waals surface area contributed by atoms with E-state index in [1.165, 1.54) is 13.3 Å². The van der Waals surface area contributed by atoms with E-state index < -0.39 is 0 Å². The van der Waals surface area contributed by atoms with Gasteiger partial charge in [0.15, 0.2) is 0 Å². The van der Waals surface area contributed by atoms with Crippen molar-refractivity contribution in [2.45, 2.75) is 19.4 Å². The molecule has 29 heavy (non-hydrogen) atoms. The highest BCUT2D eigenvalue weighted by Crippen LogP contribution is 2.33. The standard InChI is InChI=1S/C21H18ClN5O2/c1-14(28)26-9-8-15-4-2-3-5-17(15)20(26)11-21(29)25-18-10-16(22)6-7-19(18)27-13-23-12-24-27/h2-10,12-13,20H,11H2,1H3,(H,25,29). The molecular formula is C21H18ClN5O2. The molecule has 1 atom stereocenters. The van der Waals surface area contributed by atoms with Crippen LogP contribution in [0.1, 0.15) is 30.5 Å². The van der Waals surface area contributed by atoms with Gasteiger partial charge in [-0.1, -0.05) is 35.9 Å². The number of rotatable bonds is 4. The van der Waals surface area contributed by atoms with Gasteiger partial charge in [0.05, 0.1) is 23.8 Å². The summed E-state index contributed by atoms with van der Waals surface area (Å²) < 4.78 is 1.55. The number of amides is 2. The molecule has 0 spiro atoms. The maximum atomic E-state index is 12.9. The zero-order chi connectivity index (χ0) is 20.4. The SMILES string of the molecule is CC(=O)N1C=Cc2ccccc2C1CC(=O)Nc1cc(Cl)ccc1-n1cncn1. The molecule has 2 amide bonds. The van der Waals surface area contributed by atoms with Crippen molar-refractivity contribution in [3.8, 4) is 5.69 Å². The van der Waals surface area contributed by atoms with Gasteiger partial charge in [-0.3, -0.25) is 9.59 Å². The Morgan fingerprint density at radius 3 is 2.79 bits per heavy atom. The van der Waals surface area contributed by atoms with Gasteiger partial charge in [-0.25, -0.2) is 9.67 Å². The van der Waals surface area contributed by atoms with Crippen molar-refractivity contribution in [2.24, 2.45) is 0 Å². The minimum absolute atomic E-state index is 0.101. The molecule has 146 valence electrons. The van der Waals surface area contributed by atoms with Crippen LogP contribution >= 0.6 is 11.6 Å². The fourth-order valence-corrected chi connectivity index (χ4v) is 3.60. The van der Waals surface area contributed by atoms with Crippen LogP contribution in [0, 0.1) is 0 Å². The molecule has 0 fully saturated rings. The second kappa shape index (κ2) is 7.89. The molecule has 8 heteroatoms. The first-order valence-corrected chi connectivity index (χ1v) is 9.41. The van der Waals surface area contributed by atoms with Crippen molar-refractivity contribution in [1.29, 1.82) is 0 Å². The van der Waals surface area contributed by atoms with Crippen LogP contribution in [0.5, 0.6) is 0 Å². The van der Waals surface area contributed by atoms with Gasteiger partial charge in [0, 0.05) is 18.1 Å². The van der Waals surface area contributed by atoms with Crippen molar-refractivity contribution >= 4 is 35.2 Å². The molecule has 2 aromatic carbocycles. The molecule has 1 aliphatic rings. The van der Waals surface area contributed by atoms with Crippen LogP contribution in [0.25, 0.3) is 11.8 Å². The van der Waals surface area contributed by atoms with Gasteiger partial charge in [-0.2, -0.15) is 5.10 Å². The third-order valence-corrected chi connectivity index (χ3v) is 4.98. The largest absolute Gasteiger partial charge is 0.324 e. The quantitative estimate of drug-likeness (QED) is 0.712. The van der Waals surface area contributed by atoms with Crippen molar-refractivity contribution in [1.82, 2.24) is 19.7 Å². The fraction of sp³-hybridized carbons (Fsp3) is 0.143. The molecule has 3 aromatic rings. The van der Waals surface area contributed by atoms with Crippen LogP contribution in [-0.2, 0) is 9.59 Å². The van der Waals surface area contributed by atoms with Gasteiger partial charge in [-0.15, -0.1) is 0 Å². The number of carbonyl (C=O) groups excluding carboxylic acids is 2. The predicted octanol–water partition coefficient (Wildman–Crippen LogP) is 3.82. The van der Waals surface area contributed by atoms with E-state index in [4.69, 9.17) is 11.6 Å². The summed E-state index contributed by atoms with van der Waals surface area (Å²) >= 11 is 6.13.